The molecule has 0 saturated carbocycles. The van der Waals surface area contributed by atoms with Crippen LogP contribution in [0.1, 0.15) is 15.9 Å². The highest BCUT2D eigenvalue weighted by atomic mass is 32.1. The lowest BCUT2D eigenvalue weighted by atomic mass is 10.2. The first-order chi connectivity index (χ1) is 13.2. The van der Waals surface area contributed by atoms with E-state index in [-0.39, 0.29) is 5.56 Å². The van der Waals surface area contributed by atoms with Crippen molar-refractivity contribution < 1.29 is 19.1 Å². The van der Waals surface area contributed by atoms with Crippen LogP contribution >= 0.6 is 11.3 Å². The van der Waals surface area contributed by atoms with Gasteiger partial charge in [0.15, 0.2) is 6.61 Å². The molecule has 0 saturated heterocycles. The van der Waals surface area contributed by atoms with E-state index in [2.05, 4.69) is 5.32 Å². The number of thiophene rings is 1. The molecule has 0 atom stereocenters. The fourth-order valence-corrected chi connectivity index (χ4v) is 2.96. The van der Waals surface area contributed by atoms with Crippen molar-refractivity contribution in [2.24, 2.45) is 0 Å². The van der Waals surface area contributed by atoms with E-state index in [0.29, 0.717) is 22.1 Å². The van der Waals surface area contributed by atoms with Crippen LogP contribution in [-0.4, -0.2) is 18.5 Å². The number of esters is 1. The van der Waals surface area contributed by atoms with Crippen molar-refractivity contribution in [3.05, 3.63) is 77.2 Å². The highest BCUT2D eigenvalue weighted by Gasteiger charge is 2.16. The van der Waals surface area contributed by atoms with Gasteiger partial charge in [-0.1, -0.05) is 30.3 Å². The van der Waals surface area contributed by atoms with E-state index in [1.165, 1.54) is 11.3 Å². The van der Waals surface area contributed by atoms with Crippen LogP contribution < -0.4 is 10.1 Å². The Bertz CT molecular complexity index is 992. The summed E-state index contributed by atoms with van der Waals surface area (Å²) in [6, 6.07) is 19.2. The molecular formula is C20H14N2O4S. The first-order valence-electron chi connectivity index (χ1n) is 7.94. The molecule has 0 unspecified atom stereocenters. The summed E-state index contributed by atoms with van der Waals surface area (Å²) >= 11 is 1.22. The van der Waals surface area contributed by atoms with Crippen molar-refractivity contribution in [3.8, 4) is 17.6 Å². The van der Waals surface area contributed by atoms with Crippen molar-refractivity contribution in [2.75, 3.05) is 11.9 Å². The lowest BCUT2D eigenvalue weighted by molar-refractivity contribution is -0.119. The number of nitriles is 1. The number of anilines is 1. The van der Waals surface area contributed by atoms with Crippen LogP contribution in [0.15, 0.2) is 66.0 Å². The summed E-state index contributed by atoms with van der Waals surface area (Å²) in [6.45, 7) is -0.471. The van der Waals surface area contributed by atoms with E-state index in [9.17, 15) is 9.59 Å². The van der Waals surface area contributed by atoms with Crippen LogP contribution in [0, 0.1) is 11.3 Å². The Balaban J connectivity index is 1.63. The smallest absolute Gasteiger partial charge is 0.342 e. The van der Waals surface area contributed by atoms with Gasteiger partial charge >= 0.3 is 5.97 Å². The number of para-hydroxylation sites is 2. The number of amides is 1. The third-order valence-electron chi connectivity index (χ3n) is 3.45. The minimum Gasteiger partial charge on any atom is -0.456 e. The molecule has 7 heteroatoms. The summed E-state index contributed by atoms with van der Waals surface area (Å²) in [4.78, 5) is 24.3. The Labute approximate surface area is 159 Å². The van der Waals surface area contributed by atoms with Crippen LogP contribution in [0.25, 0.3) is 0 Å². The van der Waals surface area contributed by atoms with E-state index in [1.54, 1.807) is 47.8 Å². The summed E-state index contributed by atoms with van der Waals surface area (Å²) in [6.07, 6.45) is 0. The van der Waals surface area contributed by atoms with Gasteiger partial charge in [-0.2, -0.15) is 5.26 Å². The number of hydrogen-bond acceptors (Lipinski definition) is 6. The molecule has 6 nitrogen and oxygen atoms in total. The highest BCUT2D eigenvalue weighted by molar-refractivity contribution is 7.14. The van der Waals surface area contributed by atoms with E-state index >= 15 is 0 Å². The summed E-state index contributed by atoms with van der Waals surface area (Å²) in [5, 5.41) is 13.6. The Morgan fingerprint density at radius 3 is 2.56 bits per heavy atom. The average molecular weight is 378 g/mol. The lowest BCUT2D eigenvalue weighted by Crippen LogP contribution is -2.21. The van der Waals surface area contributed by atoms with Gasteiger partial charge in [0.1, 0.15) is 28.1 Å². The van der Waals surface area contributed by atoms with E-state index < -0.39 is 18.5 Å². The van der Waals surface area contributed by atoms with Crippen molar-refractivity contribution >= 4 is 28.2 Å². The SMILES string of the molecule is N#Cc1ccsc1NC(=O)COC(=O)c1ccccc1Oc1ccccc1. The third kappa shape index (κ3) is 4.71. The molecule has 1 amide bonds. The molecule has 0 aliphatic rings. The van der Waals surface area contributed by atoms with Crippen molar-refractivity contribution in [1.82, 2.24) is 0 Å². The molecule has 0 aliphatic heterocycles. The maximum atomic E-state index is 12.4. The molecular weight excluding hydrogens is 364 g/mol. The average Bonchev–Trinajstić information content (AvgIpc) is 3.14. The third-order valence-corrected chi connectivity index (χ3v) is 4.28. The zero-order valence-corrected chi connectivity index (χ0v) is 14.9. The lowest BCUT2D eigenvalue weighted by Gasteiger charge is -2.11. The molecule has 0 radical (unpaired) electrons. The van der Waals surface area contributed by atoms with Gasteiger partial charge in [-0.05, 0) is 35.7 Å². The largest absolute Gasteiger partial charge is 0.456 e. The zero-order valence-electron chi connectivity index (χ0n) is 14.0. The standard InChI is InChI=1S/C20H14N2O4S/c21-12-14-10-11-27-19(14)22-18(23)13-25-20(24)16-8-4-5-9-17(16)26-15-6-2-1-3-7-15/h1-11H,13H2,(H,22,23). The second-order valence-corrected chi connectivity index (χ2v) is 6.23. The summed E-state index contributed by atoms with van der Waals surface area (Å²) in [7, 11) is 0. The predicted octanol–water partition coefficient (Wildman–Crippen LogP) is 4.21. The van der Waals surface area contributed by atoms with Gasteiger partial charge in [-0.15, -0.1) is 11.3 Å². The molecule has 2 aromatic carbocycles. The van der Waals surface area contributed by atoms with Crippen molar-refractivity contribution in [3.63, 3.8) is 0 Å². The van der Waals surface area contributed by atoms with Crippen molar-refractivity contribution in [2.45, 2.75) is 0 Å². The maximum absolute atomic E-state index is 12.4. The number of hydrogen-bond donors (Lipinski definition) is 1. The Morgan fingerprint density at radius 2 is 1.78 bits per heavy atom. The number of carbonyl (C=O) groups excluding carboxylic acids is 2. The fraction of sp³-hybridized carbons (Fsp3) is 0.0500. The first-order valence-corrected chi connectivity index (χ1v) is 8.82. The van der Waals surface area contributed by atoms with Gasteiger partial charge in [0, 0.05) is 0 Å². The second-order valence-electron chi connectivity index (χ2n) is 5.31. The molecule has 0 spiro atoms. The van der Waals surface area contributed by atoms with Crippen molar-refractivity contribution in [1.29, 1.82) is 5.26 Å². The van der Waals surface area contributed by atoms with E-state index in [1.807, 2.05) is 24.3 Å². The van der Waals surface area contributed by atoms with Crippen LogP contribution in [0.5, 0.6) is 11.5 Å². The monoisotopic (exact) mass is 378 g/mol. The van der Waals surface area contributed by atoms with Gasteiger partial charge in [-0.25, -0.2) is 4.79 Å². The number of carbonyl (C=O) groups is 2. The number of nitrogens with zero attached hydrogens (tertiary/aromatic N) is 1. The van der Waals surface area contributed by atoms with Gasteiger partial charge in [0.05, 0.1) is 5.56 Å². The zero-order chi connectivity index (χ0) is 19.1. The second kappa shape index (κ2) is 8.65. The minimum absolute atomic E-state index is 0.211. The number of ether oxygens (including phenoxy) is 2. The molecule has 3 rings (SSSR count). The summed E-state index contributed by atoms with van der Waals surface area (Å²) < 4.78 is 10.8. The predicted molar refractivity (Wildman–Crippen MR) is 101 cm³/mol. The molecule has 0 bridgehead atoms. The van der Waals surface area contributed by atoms with Crippen LogP contribution in [0.2, 0.25) is 0 Å². The first kappa shape index (κ1) is 18.2. The van der Waals surface area contributed by atoms with E-state index in [4.69, 9.17) is 14.7 Å². The van der Waals surface area contributed by atoms with E-state index in [0.717, 1.165) is 0 Å². The number of benzene rings is 2. The fourth-order valence-electron chi connectivity index (χ4n) is 2.21. The Morgan fingerprint density at radius 1 is 1.04 bits per heavy atom. The molecule has 1 heterocycles. The molecule has 27 heavy (non-hydrogen) atoms. The molecule has 0 aliphatic carbocycles. The van der Waals surface area contributed by atoms with Gasteiger partial charge in [0.25, 0.3) is 5.91 Å². The van der Waals surface area contributed by atoms with Gasteiger partial charge < -0.3 is 14.8 Å². The van der Waals surface area contributed by atoms with Crippen LogP contribution in [0.4, 0.5) is 5.00 Å². The normalized spacial score (nSPS) is 9.89. The minimum atomic E-state index is -0.677. The molecule has 134 valence electrons. The van der Waals surface area contributed by atoms with Crippen LogP contribution in [0.3, 0.4) is 0 Å². The topological polar surface area (TPSA) is 88.4 Å². The van der Waals surface area contributed by atoms with Gasteiger partial charge in [0.2, 0.25) is 0 Å². The molecule has 1 aromatic heterocycles. The Hall–Kier alpha value is -3.63. The number of rotatable bonds is 6. The van der Waals surface area contributed by atoms with Crippen LogP contribution in [-0.2, 0) is 9.53 Å². The quantitative estimate of drug-likeness (QED) is 0.649. The molecule has 1 N–H and O–H groups in total. The molecule has 0 fully saturated rings. The Kier molecular flexibility index (Phi) is 5.82. The summed E-state index contributed by atoms with van der Waals surface area (Å²) in [5.41, 5.74) is 0.573. The highest BCUT2D eigenvalue weighted by Crippen LogP contribution is 2.26. The maximum Gasteiger partial charge on any atom is 0.342 e. The molecule has 3 aromatic rings. The number of nitrogens with one attached hydrogen (secondary N) is 1. The van der Waals surface area contributed by atoms with Gasteiger partial charge in [-0.3, -0.25) is 4.79 Å². The summed E-state index contributed by atoms with van der Waals surface area (Å²) in [5.74, 6) is -0.288.